The summed E-state index contributed by atoms with van der Waals surface area (Å²) in [6.45, 7) is 11.1. The molecule has 4 N–H and O–H groups in total. The van der Waals surface area contributed by atoms with Gasteiger partial charge in [-0.15, -0.1) is 0 Å². The summed E-state index contributed by atoms with van der Waals surface area (Å²) in [6, 6.07) is 0. The zero-order valence-electron chi connectivity index (χ0n) is 27.3. The Kier molecular flexibility index (Phi) is 33.2. The average molecular weight is 662 g/mol. The van der Waals surface area contributed by atoms with Crippen LogP contribution in [0.25, 0.3) is 0 Å². The second-order valence-corrected chi connectivity index (χ2v) is 11.4. The Morgan fingerprint density at radius 1 is 0.442 bits per heavy atom. The zero-order chi connectivity index (χ0) is 32.2. The standard InChI is InChI=1S/2C17H30O4.Zn/c2*1-3-4-5-6-7-8-9-10-11-12-13-15(17(20)21)14(2)16(18)19;/h2*15H,2-13H2,1H3,(H,18,19)(H,20,21);. The number of carboxylic acids is 4. The fourth-order valence-electron chi connectivity index (χ4n) is 4.86. The summed E-state index contributed by atoms with van der Waals surface area (Å²) >= 11 is 0. The van der Waals surface area contributed by atoms with E-state index in [1.54, 1.807) is 0 Å². The third-order valence-electron chi connectivity index (χ3n) is 7.68. The predicted molar refractivity (Wildman–Crippen MR) is 169 cm³/mol. The van der Waals surface area contributed by atoms with Gasteiger partial charge >= 0.3 is 23.9 Å². The Morgan fingerprint density at radius 2 is 0.651 bits per heavy atom. The maximum Gasteiger partial charge on any atom is 0.331 e. The van der Waals surface area contributed by atoms with E-state index in [-0.39, 0.29) is 30.6 Å². The number of carbonyl (C=O) groups is 4. The van der Waals surface area contributed by atoms with Crippen molar-refractivity contribution in [2.45, 2.75) is 155 Å². The molecule has 0 aliphatic heterocycles. The van der Waals surface area contributed by atoms with Crippen LogP contribution >= 0.6 is 0 Å². The van der Waals surface area contributed by atoms with Crippen molar-refractivity contribution in [3.8, 4) is 0 Å². The summed E-state index contributed by atoms with van der Waals surface area (Å²) in [5.74, 6) is -6.49. The van der Waals surface area contributed by atoms with Crippen molar-refractivity contribution in [2.75, 3.05) is 0 Å². The smallest absolute Gasteiger partial charge is 0.331 e. The molecule has 0 aliphatic rings. The molecule has 9 heteroatoms. The van der Waals surface area contributed by atoms with E-state index in [1.165, 1.54) is 89.9 Å². The molecule has 0 saturated heterocycles. The van der Waals surface area contributed by atoms with Gasteiger partial charge in [-0.25, -0.2) is 9.59 Å². The van der Waals surface area contributed by atoms with Crippen LogP contribution < -0.4 is 0 Å². The van der Waals surface area contributed by atoms with Gasteiger partial charge in [0.05, 0.1) is 11.8 Å². The Balaban J connectivity index is -0.000000727. The van der Waals surface area contributed by atoms with Gasteiger partial charge in [0.25, 0.3) is 0 Å². The minimum absolute atomic E-state index is 0. The first-order valence-electron chi connectivity index (χ1n) is 16.3. The van der Waals surface area contributed by atoms with Gasteiger partial charge in [-0.2, -0.15) is 0 Å². The molecular formula is C34H60O8Zn. The zero-order valence-corrected chi connectivity index (χ0v) is 30.2. The Hall–Kier alpha value is -2.02. The van der Waals surface area contributed by atoms with E-state index in [2.05, 4.69) is 27.0 Å². The van der Waals surface area contributed by atoms with E-state index in [0.29, 0.717) is 12.8 Å². The molecule has 0 radical (unpaired) electrons. The Labute approximate surface area is 273 Å². The van der Waals surface area contributed by atoms with Crippen molar-refractivity contribution in [2.24, 2.45) is 11.8 Å². The monoisotopic (exact) mass is 660 g/mol. The summed E-state index contributed by atoms with van der Waals surface area (Å²) < 4.78 is 0. The number of rotatable bonds is 28. The van der Waals surface area contributed by atoms with Gasteiger partial charge in [0.1, 0.15) is 0 Å². The van der Waals surface area contributed by atoms with E-state index in [0.717, 1.165) is 38.5 Å². The number of hydrogen-bond acceptors (Lipinski definition) is 4. The van der Waals surface area contributed by atoms with Crippen molar-refractivity contribution in [1.29, 1.82) is 0 Å². The predicted octanol–water partition coefficient (Wildman–Crippen LogP) is 9.28. The van der Waals surface area contributed by atoms with Gasteiger partial charge in [0.2, 0.25) is 0 Å². The van der Waals surface area contributed by atoms with Gasteiger partial charge in [-0.1, -0.05) is 155 Å². The van der Waals surface area contributed by atoms with Crippen molar-refractivity contribution in [3.05, 3.63) is 24.3 Å². The Morgan fingerprint density at radius 3 is 0.837 bits per heavy atom. The molecule has 0 bridgehead atoms. The number of hydrogen-bond donors (Lipinski definition) is 4. The van der Waals surface area contributed by atoms with Gasteiger partial charge in [-0.05, 0) is 12.8 Å². The van der Waals surface area contributed by atoms with Gasteiger partial charge in [0, 0.05) is 30.6 Å². The van der Waals surface area contributed by atoms with Crippen LogP contribution in [0.2, 0.25) is 0 Å². The first kappa shape index (κ1) is 45.4. The molecule has 2 atom stereocenters. The van der Waals surface area contributed by atoms with Gasteiger partial charge < -0.3 is 20.4 Å². The summed E-state index contributed by atoms with van der Waals surface area (Å²) in [6.07, 6.45) is 24.3. The third kappa shape index (κ3) is 27.3. The van der Waals surface area contributed by atoms with Crippen molar-refractivity contribution >= 4 is 23.9 Å². The first-order valence-corrected chi connectivity index (χ1v) is 16.3. The maximum absolute atomic E-state index is 11.0. The van der Waals surface area contributed by atoms with Gasteiger partial charge in [-0.3, -0.25) is 9.59 Å². The van der Waals surface area contributed by atoms with Crippen LogP contribution in [-0.4, -0.2) is 44.3 Å². The summed E-state index contributed by atoms with van der Waals surface area (Å²) in [5, 5.41) is 35.6. The third-order valence-corrected chi connectivity index (χ3v) is 7.68. The van der Waals surface area contributed by atoms with Gasteiger partial charge in [0.15, 0.2) is 0 Å². The largest absolute Gasteiger partial charge is 0.481 e. The topological polar surface area (TPSA) is 149 Å². The molecule has 0 aromatic rings. The van der Waals surface area contributed by atoms with E-state index in [9.17, 15) is 19.2 Å². The second-order valence-electron chi connectivity index (χ2n) is 11.4. The molecule has 0 heterocycles. The van der Waals surface area contributed by atoms with Crippen molar-refractivity contribution in [3.63, 3.8) is 0 Å². The van der Waals surface area contributed by atoms with Crippen LogP contribution in [-0.2, 0) is 38.7 Å². The first-order chi connectivity index (χ1) is 20.0. The van der Waals surface area contributed by atoms with Crippen molar-refractivity contribution in [1.82, 2.24) is 0 Å². The molecule has 2 unspecified atom stereocenters. The molecule has 0 aromatic carbocycles. The average Bonchev–Trinajstić information content (AvgIpc) is 2.94. The van der Waals surface area contributed by atoms with E-state index < -0.39 is 35.7 Å². The summed E-state index contributed by atoms with van der Waals surface area (Å²) in [5.41, 5.74) is -0.420. The molecule has 246 valence electrons. The quantitative estimate of drug-likeness (QED) is 0.0368. The molecule has 43 heavy (non-hydrogen) atoms. The fourth-order valence-corrected chi connectivity index (χ4v) is 4.86. The molecule has 0 aliphatic carbocycles. The minimum atomic E-state index is -1.21. The van der Waals surface area contributed by atoms with Crippen LogP contribution in [0.4, 0.5) is 0 Å². The van der Waals surface area contributed by atoms with E-state index in [4.69, 9.17) is 20.4 Å². The molecule has 0 saturated carbocycles. The van der Waals surface area contributed by atoms with Crippen LogP contribution in [0.1, 0.15) is 155 Å². The van der Waals surface area contributed by atoms with Crippen LogP contribution in [0, 0.1) is 11.8 Å². The second kappa shape index (κ2) is 31.4. The molecule has 0 rings (SSSR count). The minimum Gasteiger partial charge on any atom is -0.481 e. The van der Waals surface area contributed by atoms with Crippen LogP contribution in [0.15, 0.2) is 24.3 Å². The summed E-state index contributed by atoms with van der Waals surface area (Å²) in [7, 11) is 0. The summed E-state index contributed by atoms with van der Waals surface area (Å²) in [4.78, 5) is 43.6. The van der Waals surface area contributed by atoms with Crippen molar-refractivity contribution < 1.29 is 59.1 Å². The molecule has 0 amide bonds. The SMILES string of the molecule is C=C(C(=O)O)C(CCCCCCCCCCCC)C(=O)O.C=C(C(=O)O)C(CCCCCCCCCCCC)C(=O)O.[Zn]. The molecule has 0 spiro atoms. The normalized spacial score (nSPS) is 11.8. The number of carboxylic acid groups (broad SMARTS) is 4. The molecular weight excluding hydrogens is 602 g/mol. The van der Waals surface area contributed by atoms with E-state index in [1.807, 2.05) is 0 Å². The van der Waals surface area contributed by atoms with E-state index >= 15 is 0 Å². The molecule has 0 aromatic heterocycles. The maximum atomic E-state index is 11.0. The molecule has 8 nitrogen and oxygen atoms in total. The van der Waals surface area contributed by atoms with Crippen LogP contribution in [0.3, 0.4) is 0 Å². The fraction of sp³-hybridized carbons (Fsp3) is 0.765. The molecule has 0 fully saturated rings. The number of aliphatic carboxylic acids is 4. The van der Waals surface area contributed by atoms with Crippen LogP contribution in [0.5, 0.6) is 0 Å². The Bertz CT molecular complexity index is 716. The number of unbranched alkanes of at least 4 members (excludes halogenated alkanes) is 18.